The molecule has 0 unspecified atom stereocenters. The molecule has 9 rings (SSSR count). The summed E-state index contributed by atoms with van der Waals surface area (Å²) in [6, 6.07) is 59.3. The lowest BCUT2D eigenvalue weighted by Gasteiger charge is -2.26. The zero-order chi connectivity index (χ0) is 37.9. The number of para-hydroxylation sites is 4. The molecule has 4 aromatic heterocycles. The molecule has 0 aliphatic carbocycles. The number of rotatable bonds is 10. The average molecular weight is 735 g/mol. The maximum absolute atomic E-state index is 6.53. The van der Waals surface area contributed by atoms with Gasteiger partial charge in [0, 0.05) is 36.4 Å². The van der Waals surface area contributed by atoms with Gasteiger partial charge >= 0.3 is 6.67 Å². The lowest BCUT2D eigenvalue weighted by atomic mass is 9.82. The van der Waals surface area contributed by atoms with Crippen LogP contribution in [0.3, 0.4) is 0 Å². The Morgan fingerprint density at radius 1 is 0.393 bits per heavy atom. The van der Waals surface area contributed by atoms with Crippen molar-refractivity contribution in [3.8, 4) is 69.0 Å². The van der Waals surface area contributed by atoms with Gasteiger partial charge in [0.15, 0.2) is 0 Å². The summed E-state index contributed by atoms with van der Waals surface area (Å²) in [5.41, 5.74) is 5.42. The fourth-order valence-corrected chi connectivity index (χ4v) is 7.14. The summed E-state index contributed by atoms with van der Waals surface area (Å²) >= 11 is 0. The van der Waals surface area contributed by atoms with Crippen molar-refractivity contribution in [1.29, 1.82) is 0 Å². The first-order valence-corrected chi connectivity index (χ1v) is 18.5. The van der Waals surface area contributed by atoms with Crippen LogP contribution in [0.2, 0.25) is 0 Å². The Morgan fingerprint density at radius 2 is 0.750 bits per heavy atom. The highest BCUT2D eigenvalue weighted by Gasteiger charge is 2.47. The Hall–Kier alpha value is -7.32. The van der Waals surface area contributed by atoms with Gasteiger partial charge in [-0.05, 0) is 86.6 Å². The molecule has 5 heterocycles. The Bertz CT molecular complexity index is 2460. The summed E-state index contributed by atoms with van der Waals surface area (Å²) in [5.74, 6) is 4.46. The largest absolute Gasteiger partial charge is 0.439 e. The molecule has 0 spiro atoms. The molecule has 8 aromatic rings. The van der Waals surface area contributed by atoms with Crippen LogP contribution in [0, 0.1) is 0 Å². The standard InChI is InChI=1S/C48H38N4O4/c1-48(2)42-27-15-25-40(38-29-31-44(53-34-17-7-3-8-18-34)49-46(38)55-36-21-11-5-12-22-36)51(42)33-52-41(26-16-28-43(48)52)39-30-32-45(54-35-19-9-4-10-20-35)50-47(39)56-37-23-13-6-14-24-37/h3-32H,33H2,1-2H3/q+2. The highest BCUT2D eigenvalue weighted by molar-refractivity contribution is 5.66. The molecule has 1 aliphatic heterocycles. The first-order valence-electron chi connectivity index (χ1n) is 18.5. The quantitative estimate of drug-likeness (QED) is 0.130. The minimum absolute atomic E-state index is 0.404. The van der Waals surface area contributed by atoms with Crippen LogP contribution in [0.5, 0.6) is 46.5 Å². The van der Waals surface area contributed by atoms with E-state index in [1.807, 2.05) is 146 Å². The van der Waals surface area contributed by atoms with Gasteiger partial charge in [-0.15, -0.1) is 9.13 Å². The van der Waals surface area contributed by atoms with E-state index in [9.17, 15) is 0 Å². The van der Waals surface area contributed by atoms with E-state index in [1.165, 1.54) is 0 Å². The zero-order valence-corrected chi connectivity index (χ0v) is 30.9. The SMILES string of the molecule is CC1(C)c2cccc(-c3ccc(Oc4ccccc4)nc3Oc3ccccc3)[n+]2C[n+]2c(-c3ccc(Oc4ccccc4)nc3Oc3ccccc3)cccc21. The van der Waals surface area contributed by atoms with E-state index in [0.29, 0.717) is 53.2 Å². The third-order valence-electron chi connectivity index (χ3n) is 9.81. The number of ether oxygens (including phenoxy) is 4. The van der Waals surface area contributed by atoms with Crippen molar-refractivity contribution in [1.82, 2.24) is 9.97 Å². The molecule has 0 fully saturated rings. The van der Waals surface area contributed by atoms with Gasteiger partial charge in [0.25, 0.3) is 0 Å². The summed E-state index contributed by atoms with van der Waals surface area (Å²) in [7, 11) is 0. The van der Waals surface area contributed by atoms with Gasteiger partial charge in [0.2, 0.25) is 46.3 Å². The van der Waals surface area contributed by atoms with Gasteiger partial charge in [0.1, 0.15) is 39.5 Å². The first-order chi connectivity index (χ1) is 27.5. The monoisotopic (exact) mass is 734 g/mol. The second-order valence-corrected chi connectivity index (χ2v) is 13.9. The van der Waals surface area contributed by atoms with Gasteiger partial charge < -0.3 is 18.9 Å². The molecule has 0 radical (unpaired) electrons. The van der Waals surface area contributed by atoms with Gasteiger partial charge in [-0.1, -0.05) is 72.8 Å². The van der Waals surface area contributed by atoms with Crippen LogP contribution in [0.4, 0.5) is 0 Å². The first kappa shape index (κ1) is 34.4. The fraction of sp³-hybridized carbons (Fsp3) is 0.0833. The predicted octanol–water partition coefficient (Wildman–Crippen LogP) is 10.7. The minimum Gasteiger partial charge on any atom is -0.439 e. The van der Waals surface area contributed by atoms with Crippen LogP contribution in [-0.4, -0.2) is 9.97 Å². The minimum atomic E-state index is -0.404. The number of nitrogens with zero attached hydrogens (tertiary/aromatic N) is 4. The molecule has 1 aliphatic rings. The lowest BCUT2D eigenvalue weighted by molar-refractivity contribution is -0.922. The van der Waals surface area contributed by atoms with E-state index in [2.05, 4.69) is 59.4 Å². The molecule has 8 nitrogen and oxygen atoms in total. The molecular formula is C48H38N4O4+2. The number of fused-ring (bicyclic) bond motifs is 2. The summed E-state index contributed by atoms with van der Waals surface area (Å²) < 4.78 is 30.1. The van der Waals surface area contributed by atoms with E-state index in [0.717, 1.165) is 33.9 Å². The molecule has 0 N–H and O–H groups in total. The van der Waals surface area contributed by atoms with E-state index >= 15 is 0 Å². The Morgan fingerprint density at radius 3 is 1.12 bits per heavy atom. The highest BCUT2D eigenvalue weighted by atomic mass is 16.5. The summed E-state index contributed by atoms with van der Waals surface area (Å²) in [6.45, 7) is 5.01. The molecule has 56 heavy (non-hydrogen) atoms. The molecule has 0 bridgehead atoms. The topological polar surface area (TPSA) is 70.5 Å². The van der Waals surface area contributed by atoms with E-state index in [1.54, 1.807) is 0 Å². The van der Waals surface area contributed by atoms with Crippen molar-refractivity contribution in [2.75, 3.05) is 0 Å². The van der Waals surface area contributed by atoms with Crippen molar-refractivity contribution in [3.05, 3.63) is 193 Å². The number of hydrogen-bond donors (Lipinski definition) is 0. The fourth-order valence-electron chi connectivity index (χ4n) is 7.14. The normalized spacial score (nSPS) is 12.5. The third-order valence-corrected chi connectivity index (χ3v) is 9.81. The molecule has 0 amide bonds. The van der Waals surface area contributed by atoms with Crippen LogP contribution >= 0.6 is 0 Å². The molecule has 272 valence electrons. The van der Waals surface area contributed by atoms with Crippen molar-refractivity contribution in [3.63, 3.8) is 0 Å². The Labute approximate surface area is 325 Å². The molecule has 0 atom stereocenters. The lowest BCUT2D eigenvalue weighted by Crippen LogP contribution is -2.65. The molecule has 0 saturated heterocycles. The number of aromatic nitrogens is 4. The van der Waals surface area contributed by atoms with Crippen LogP contribution in [-0.2, 0) is 12.1 Å². The zero-order valence-electron chi connectivity index (χ0n) is 30.9. The number of pyridine rings is 4. The second kappa shape index (κ2) is 14.8. The van der Waals surface area contributed by atoms with E-state index in [4.69, 9.17) is 28.9 Å². The summed E-state index contributed by atoms with van der Waals surface area (Å²) in [5, 5.41) is 0. The van der Waals surface area contributed by atoms with Gasteiger partial charge in [-0.25, -0.2) is 0 Å². The smallest absolute Gasteiger partial charge is 0.345 e. The second-order valence-electron chi connectivity index (χ2n) is 13.9. The predicted molar refractivity (Wildman–Crippen MR) is 213 cm³/mol. The molecule has 8 heteroatoms. The van der Waals surface area contributed by atoms with E-state index in [-0.39, 0.29) is 0 Å². The Balaban J connectivity index is 1.16. The van der Waals surface area contributed by atoms with Gasteiger partial charge in [-0.3, -0.25) is 0 Å². The van der Waals surface area contributed by atoms with Crippen LogP contribution in [0.1, 0.15) is 25.2 Å². The Kier molecular flexibility index (Phi) is 9.13. The maximum atomic E-state index is 6.53. The van der Waals surface area contributed by atoms with Gasteiger partial charge in [-0.2, -0.15) is 9.97 Å². The van der Waals surface area contributed by atoms with Crippen LogP contribution in [0.25, 0.3) is 22.5 Å². The average Bonchev–Trinajstić information content (AvgIpc) is 3.23. The van der Waals surface area contributed by atoms with Crippen molar-refractivity contribution in [2.45, 2.75) is 25.9 Å². The molecular weight excluding hydrogens is 697 g/mol. The van der Waals surface area contributed by atoms with E-state index < -0.39 is 5.41 Å². The van der Waals surface area contributed by atoms with Gasteiger partial charge in [0.05, 0.1) is 0 Å². The maximum Gasteiger partial charge on any atom is 0.345 e. The number of hydrogen-bond acceptors (Lipinski definition) is 6. The summed E-state index contributed by atoms with van der Waals surface area (Å²) in [6.07, 6.45) is 0. The van der Waals surface area contributed by atoms with Crippen LogP contribution < -0.4 is 28.1 Å². The number of benzene rings is 4. The molecule has 0 saturated carbocycles. The van der Waals surface area contributed by atoms with Crippen molar-refractivity contribution in [2.24, 2.45) is 0 Å². The van der Waals surface area contributed by atoms with Crippen molar-refractivity contribution >= 4 is 0 Å². The van der Waals surface area contributed by atoms with Crippen LogP contribution in [0.15, 0.2) is 182 Å². The third kappa shape index (κ3) is 6.92. The summed E-state index contributed by atoms with van der Waals surface area (Å²) in [4.78, 5) is 9.85. The van der Waals surface area contributed by atoms with Crippen molar-refractivity contribution < 1.29 is 28.1 Å². The highest BCUT2D eigenvalue weighted by Crippen LogP contribution is 2.39. The molecule has 4 aromatic carbocycles.